The summed E-state index contributed by atoms with van der Waals surface area (Å²) in [6.45, 7) is 4.45. The summed E-state index contributed by atoms with van der Waals surface area (Å²) in [5, 5.41) is 13.4. The van der Waals surface area contributed by atoms with Crippen LogP contribution in [0.15, 0.2) is 24.3 Å². The summed E-state index contributed by atoms with van der Waals surface area (Å²) in [6.07, 6.45) is 3.59. The largest absolute Gasteiger partial charge is 0.393 e. The zero-order valence-corrected chi connectivity index (χ0v) is 13.5. The van der Waals surface area contributed by atoms with Crippen molar-refractivity contribution in [3.8, 4) is 0 Å². The molecule has 1 aliphatic carbocycles. The fourth-order valence-electron chi connectivity index (χ4n) is 2.91. The van der Waals surface area contributed by atoms with Gasteiger partial charge in [-0.25, -0.2) is 0 Å². The molecule has 2 rings (SSSR count). The van der Waals surface area contributed by atoms with Crippen LogP contribution in [-0.4, -0.2) is 23.7 Å². The lowest BCUT2D eigenvalue weighted by Crippen LogP contribution is -2.42. The number of nitrogens with one attached hydrogen (secondary N) is 1. The molecule has 0 saturated heterocycles. The lowest BCUT2D eigenvalue weighted by atomic mass is 9.83. The number of carbonyl (C=O) groups excluding carboxylic acids is 1. The second-order valence-corrected chi connectivity index (χ2v) is 6.97. The van der Waals surface area contributed by atoms with Crippen molar-refractivity contribution in [3.63, 3.8) is 0 Å². The summed E-state index contributed by atoms with van der Waals surface area (Å²) in [6, 6.07) is 7.44. The van der Waals surface area contributed by atoms with E-state index in [0.29, 0.717) is 17.5 Å². The topological polar surface area (TPSA) is 49.3 Å². The first kappa shape index (κ1) is 16.3. The van der Waals surface area contributed by atoms with Crippen LogP contribution in [0.25, 0.3) is 0 Å². The highest BCUT2D eigenvalue weighted by molar-refractivity contribution is 6.30. The van der Waals surface area contributed by atoms with Crippen molar-refractivity contribution in [2.75, 3.05) is 6.54 Å². The summed E-state index contributed by atoms with van der Waals surface area (Å²) in [7, 11) is 0. The highest BCUT2D eigenvalue weighted by Gasteiger charge is 2.30. The summed E-state index contributed by atoms with van der Waals surface area (Å²) >= 11 is 6.01. The van der Waals surface area contributed by atoms with Crippen LogP contribution in [0, 0.1) is 5.92 Å². The molecule has 1 amide bonds. The van der Waals surface area contributed by atoms with Crippen molar-refractivity contribution in [1.82, 2.24) is 5.32 Å². The molecule has 2 atom stereocenters. The summed E-state index contributed by atoms with van der Waals surface area (Å²) < 4.78 is 0. The third-order valence-corrected chi connectivity index (χ3v) is 4.66. The van der Waals surface area contributed by atoms with Gasteiger partial charge in [-0.15, -0.1) is 0 Å². The van der Waals surface area contributed by atoms with Crippen LogP contribution in [0.3, 0.4) is 0 Å². The summed E-state index contributed by atoms with van der Waals surface area (Å²) in [4.78, 5) is 12.5. The first-order chi connectivity index (χ1) is 9.89. The minimum atomic E-state index is -0.613. The molecule has 0 bridgehead atoms. The zero-order chi connectivity index (χ0) is 15.5. The molecule has 0 spiro atoms. The normalized spacial score (nSPS) is 22.9. The van der Waals surface area contributed by atoms with Crippen molar-refractivity contribution in [2.45, 2.75) is 51.0 Å². The Morgan fingerprint density at radius 1 is 1.43 bits per heavy atom. The van der Waals surface area contributed by atoms with E-state index in [-0.39, 0.29) is 12.0 Å². The average molecular weight is 310 g/mol. The number of benzene rings is 1. The third-order valence-electron chi connectivity index (χ3n) is 4.42. The molecule has 2 N–H and O–H groups in total. The second kappa shape index (κ2) is 6.80. The lowest BCUT2D eigenvalue weighted by molar-refractivity contribution is -0.126. The highest BCUT2D eigenvalue weighted by Crippen LogP contribution is 2.27. The van der Waals surface area contributed by atoms with Crippen LogP contribution in [0.4, 0.5) is 0 Å². The van der Waals surface area contributed by atoms with Gasteiger partial charge in [0.1, 0.15) is 0 Å². The Hall–Kier alpha value is -1.06. The van der Waals surface area contributed by atoms with E-state index in [0.717, 1.165) is 31.2 Å². The van der Waals surface area contributed by atoms with E-state index in [4.69, 9.17) is 11.6 Å². The van der Waals surface area contributed by atoms with Gasteiger partial charge in [0.25, 0.3) is 0 Å². The van der Waals surface area contributed by atoms with Gasteiger partial charge < -0.3 is 10.4 Å². The molecule has 3 nitrogen and oxygen atoms in total. The Kier molecular flexibility index (Phi) is 5.28. The Morgan fingerprint density at radius 2 is 2.19 bits per heavy atom. The minimum Gasteiger partial charge on any atom is -0.393 e. The van der Waals surface area contributed by atoms with Crippen LogP contribution in [0.2, 0.25) is 5.02 Å². The number of aliphatic hydroxyl groups excluding tert-OH is 1. The van der Waals surface area contributed by atoms with Gasteiger partial charge in [0.05, 0.1) is 11.5 Å². The van der Waals surface area contributed by atoms with Crippen LogP contribution in [-0.2, 0) is 10.2 Å². The van der Waals surface area contributed by atoms with Gasteiger partial charge in [0.2, 0.25) is 5.91 Å². The molecule has 116 valence electrons. The van der Waals surface area contributed by atoms with Crippen LogP contribution in [0.1, 0.15) is 45.1 Å². The SMILES string of the molecule is CC(C)(C(=O)NCC1CCCC(O)C1)c1cccc(Cl)c1. The first-order valence-corrected chi connectivity index (χ1v) is 8.00. The maximum absolute atomic E-state index is 12.5. The quantitative estimate of drug-likeness (QED) is 0.896. The predicted molar refractivity (Wildman–Crippen MR) is 85.5 cm³/mol. The fourth-order valence-corrected chi connectivity index (χ4v) is 3.10. The van der Waals surface area contributed by atoms with Crippen LogP contribution >= 0.6 is 11.6 Å². The van der Waals surface area contributed by atoms with Gasteiger partial charge in [-0.2, -0.15) is 0 Å². The average Bonchev–Trinajstić information content (AvgIpc) is 2.44. The van der Waals surface area contributed by atoms with Crippen molar-refractivity contribution in [2.24, 2.45) is 5.92 Å². The van der Waals surface area contributed by atoms with E-state index in [1.807, 2.05) is 38.1 Å². The van der Waals surface area contributed by atoms with E-state index in [1.165, 1.54) is 0 Å². The standard InChI is InChI=1S/C17H24ClNO2/c1-17(2,13-6-4-7-14(18)10-13)16(21)19-11-12-5-3-8-15(20)9-12/h4,6-7,10,12,15,20H,3,5,8-9,11H2,1-2H3,(H,19,21). The van der Waals surface area contributed by atoms with E-state index < -0.39 is 5.41 Å². The Bertz CT molecular complexity index is 501. The Morgan fingerprint density at radius 3 is 2.86 bits per heavy atom. The molecule has 4 heteroatoms. The van der Waals surface area contributed by atoms with E-state index in [2.05, 4.69) is 5.32 Å². The molecule has 2 unspecified atom stereocenters. The van der Waals surface area contributed by atoms with Gasteiger partial charge in [-0.05, 0) is 56.7 Å². The summed E-state index contributed by atoms with van der Waals surface area (Å²) in [5.41, 5.74) is 0.300. The maximum Gasteiger partial charge on any atom is 0.230 e. The molecule has 1 saturated carbocycles. The molecule has 1 aromatic rings. The maximum atomic E-state index is 12.5. The Balaban J connectivity index is 1.95. The lowest BCUT2D eigenvalue weighted by Gasteiger charge is -2.29. The molecule has 0 aromatic heterocycles. The van der Waals surface area contributed by atoms with Crippen molar-refractivity contribution in [1.29, 1.82) is 0 Å². The Labute approximate surface area is 131 Å². The predicted octanol–water partition coefficient (Wildman–Crippen LogP) is 3.28. The highest BCUT2D eigenvalue weighted by atomic mass is 35.5. The number of rotatable bonds is 4. The van der Waals surface area contributed by atoms with E-state index in [1.54, 1.807) is 0 Å². The van der Waals surface area contributed by atoms with Crippen molar-refractivity contribution >= 4 is 17.5 Å². The third kappa shape index (κ3) is 4.21. The van der Waals surface area contributed by atoms with E-state index in [9.17, 15) is 9.90 Å². The number of halogens is 1. The zero-order valence-electron chi connectivity index (χ0n) is 12.7. The van der Waals surface area contributed by atoms with Crippen LogP contribution in [0.5, 0.6) is 0 Å². The molecular weight excluding hydrogens is 286 g/mol. The fraction of sp³-hybridized carbons (Fsp3) is 0.588. The number of hydrogen-bond acceptors (Lipinski definition) is 2. The van der Waals surface area contributed by atoms with Gasteiger partial charge in [-0.3, -0.25) is 4.79 Å². The molecule has 0 aliphatic heterocycles. The number of hydrogen-bond donors (Lipinski definition) is 2. The number of carbonyl (C=O) groups is 1. The molecule has 1 fully saturated rings. The molecule has 21 heavy (non-hydrogen) atoms. The number of amides is 1. The first-order valence-electron chi connectivity index (χ1n) is 7.62. The number of aliphatic hydroxyl groups is 1. The van der Waals surface area contributed by atoms with Gasteiger partial charge in [0, 0.05) is 11.6 Å². The molecule has 1 aromatic carbocycles. The smallest absolute Gasteiger partial charge is 0.230 e. The summed E-state index contributed by atoms with van der Waals surface area (Å²) in [5.74, 6) is 0.387. The minimum absolute atomic E-state index is 0.00447. The molecule has 0 heterocycles. The van der Waals surface area contributed by atoms with Gasteiger partial charge in [0.15, 0.2) is 0 Å². The monoisotopic (exact) mass is 309 g/mol. The van der Waals surface area contributed by atoms with Crippen molar-refractivity contribution in [3.05, 3.63) is 34.9 Å². The molecule has 0 radical (unpaired) electrons. The van der Waals surface area contributed by atoms with Crippen LogP contribution < -0.4 is 5.32 Å². The van der Waals surface area contributed by atoms with Gasteiger partial charge in [-0.1, -0.05) is 30.2 Å². The van der Waals surface area contributed by atoms with Gasteiger partial charge >= 0.3 is 0 Å². The van der Waals surface area contributed by atoms with E-state index >= 15 is 0 Å². The van der Waals surface area contributed by atoms with Crippen molar-refractivity contribution < 1.29 is 9.90 Å². The second-order valence-electron chi connectivity index (χ2n) is 6.53. The molecular formula is C17H24ClNO2. The molecule has 1 aliphatic rings.